The molecule has 1 aromatic heterocycles. The fourth-order valence-electron chi connectivity index (χ4n) is 1.87. The molecule has 0 radical (unpaired) electrons. The van der Waals surface area contributed by atoms with Crippen LogP contribution in [0.15, 0.2) is 9.59 Å². The zero-order valence-corrected chi connectivity index (χ0v) is 9.17. The summed E-state index contributed by atoms with van der Waals surface area (Å²) in [5, 5.41) is 18.4. The molecule has 0 aromatic carbocycles. The Kier molecular flexibility index (Phi) is 3.20. The summed E-state index contributed by atoms with van der Waals surface area (Å²) >= 11 is 0. The molecule has 0 spiro atoms. The molecular weight excluding hydrogens is 249 g/mol. The predicted octanol–water partition coefficient (Wildman–Crippen LogP) is -2.10. The van der Waals surface area contributed by atoms with Gasteiger partial charge in [-0.25, -0.2) is 4.79 Å². The van der Waals surface area contributed by atoms with Gasteiger partial charge in [-0.1, -0.05) is 0 Å². The van der Waals surface area contributed by atoms with Gasteiger partial charge >= 0.3 is 5.69 Å². The Morgan fingerprint density at radius 2 is 2.22 bits per heavy atom. The number of ether oxygens (including phenoxy) is 1. The lowest BCUT2D eigenvalue weighted by Crippen LogP contribution is -2.36. The normalized spacial score (nSPS) is 27.6. The molecule has 1 aliphatic rings. The molecule has 1 aromatic rings. The number of nitrogens with one attached hydrogen (secondary N) is 1. The summed E-state index contributed by atoms with van der Waals surface area (Å²) in [6.45, 7) is -0.446. The Bertz CT molecular complexity index is 568. The van der Waals surface area contributed by atoms with Crippen LogP contribution in [0.25, 0.3) is 0 Å². The second-order valence-electron chi connectivity index (χ2n) is 3.94. The van der Waals surface area contributed by atoms with Gasteiger partial charge in [-0.2, -0.15) is 4.39 Å². The smallest absolute Gasteiger partial charge is 0.332 e. The minimum Gasteiger partial charge on any atom is -0.394 e. The molecule has 0 aliphatic carbocycles. The van der Waals surface area contributed by atoms with Crippen molar-refractivity contribution in [1.82, 2.24) is 9.55 Å². The molecule has 3 atom stereocenters. The van der Waals surface area contributed by atoms with E-state index in [-0.39, 0.29) is 6.42 Å². The van der Waals surface area contributed by atoms with Crippen LogP contribution in [-0.4, -0.2) is 38.6 Å². The minimum absolute atomic E-state index is 0.0409. The first kappa shape index (κ1) is 12.7. The van der Waals surface area contributed by atoms with Gasteiger partial charge in [0.15, 0.2) is 5.82 Å². The zero-order valence-electron chi connectivity index (χ0n) is 9.17. The van der Waals surface area contributed by atoms with E-state index in [1.54, 1.807) is 4.98 Å². The van der Waals surface area contributed by atoms with Gasteiger partial charge in [-0.05, 0) is 0 Å². The first-order valence-electron chi connectivity index (χ1n) is 5.20. The number of nitrogens with two attached hydrogens (primary N) is 1. The summed E-state index contributed by atoms with van der Waals surface area (Å²) in [5.74, 6) is -1.96. The highest BCUT2D eigenvalue weighted by atomic mass is 19.1. The maximum Gasteiger partial charge on any atom is 0.332 e. The van der Waals surface area contributed by atoms with Crippen LogP contribution in [0.2, 0.25) is 0 Å². The molecule has 0 amide bonds. The van der Waals surface area contributed by atoms with E-state index in [1.165, 1.54) is 0 Å². The number of halogens is 1. The molecule has 1 saturated heterocycles. The standard InChI is InChI=1S/C9H12FN3O5/c10-6-7(11)13(9(17)12-8(6)16)5-1-3(15)4(2-14)18-5/h3-5,14-15H,1-2,11H2,(H,12,16,17)/t3-,4+,5+/m0/s1. The summed E-state index contributed by atoms with van der Waals surface area (Å²) in [6, 6.07) is 0. The molecule has 2 rings (SSSR count). The van der Waals surface area contributed by atoms with Crippen molar-refractivity contribution in [2.45, 2.75) is 24.9 Å². The lowest BCUT2D eigenvalue weighted by molar-refractivity contribution is -0.0453. The van der Waals surface area contributed by atoms with Crippen molar-refractivity contribution in [3.8, 4) is 0 Å². The van der Waals surface area contributed by atoms with Crippen molar-refractivity contribution in [2.75, 3.05) is 12.3 Å². The highest BCUT2D eigenvalue weighted by Gasteiger charge is 2.36. The molecule has 9 heteroatoms. The van der Waals surface area contributed by atoms with Gasteiger partial charge in [0.25, 0.3) is 5.56 Å². The number of rotatable bonds is 2. The van der Waals surface area contributed by atoms with Crippen LogP contribution >= 0.6 is 0 Å². The SMILES string of the molecule is Nc1c(F)c(=O)[nH]c(=O)n1[C@H]1C[C@H](O)[C@@H](CO)O1. The van der Waals surface area contributed by atoms with E-state index in [0.29, 0.717) is 4.57 Å². The van der Waals surface area contributed by atoms with Crippen molar-refractivity contribution in [1.29, 1.82) is 0 Å². The maximum atomic E-state index is 13.3. The van der Waals surface area contributed by atoms with Crippen molar-refractivity contribution >= 4 is 5.82 Å². The third-order valence-corrected chi connectivity index (χ3v) is 2.80. The van der Waals surface area contributed by atoms with E-state index < -0.39 is 47.9 Å². The molecule has 0 unspecified atom stereocenters. The third-order valence-electron chi connectivity index (χ3n) is 2.80. The number of hydrogen-bond acceptors (Lipinski definition) is 6. The van der Waals surface area contributed by atoms with Gasteiger partial charge < -0.3 is 20.7 Å². The van der Waals surface area contributed by atoms with E-state index in [1.807, 2.05) is 0 Å². The van der Waals surface area contributed by atoms with Gasteiger partial charge in [0.05, 0.1) is 12.7 Å². The largest absolute Gasteiger partial charge is 0.394 e. The van der Waals surface area contributed by atoms with Gasteiger partial charge in [0, 0.05) is 6.42 Å². The Labute approximate surface area is 99.4 Å². The molecule has 18 heavy (non-hydrogen) atoms. The van der Waals surface area contributed by atoms with E-state index in [0.717, 1.165) is 0 Å². The monoisotopic (exact) mass is 261 g/mol. The van der Waals surface area contributed by atoms with Gasteiger partial charge in [-0.15, -0.1) is 0 Å². The molecule has 1 aliphatic heterocycles. The number of hydrogen-bond donors (Lipinski definition) is 4. The summed E-state index contributed by atoms with van der Waals surface area (Å²) in [4.78, 5) is 24.2. The highest BCUT2D eigenvalue weighted by molar-refractivity contribution is 5.29. The van der Waals surface area contributed by atoms with Crippen LogP contribution in [0, 0.1) is 5.82 Å². The quantitative estimate of drug-likeness (QED) is 0.482. The molecule has 1 fully saturated rings. The Morgan fingerprint density at radius 3 is 2.78 bits per heavy atom. The summed E-state index contributed by atoms with van der Waals surface area (Å²) in [7, 11) is 0. The lowest BCUT2D eigenvalue weighted by atomic mass is 10.2. The Hall–Kier alpha value is -1.71. The number of nitrogens with zero attached hydrogens (tertiary/aromatic N) is 1. The highest BCUT2D eigenvalue weighted by Crippen LogP contribution is 2.28. The molecule has 100 valence electrons. The number of aromatic amines is 1. The number of H-pyrrole nitrogens is 1. The maximum absolute atomic E-state index is 13.3. The van der Waals surface area contributed by atoms with Crippen molar-refractivity contribution in [3.63, 3.8) is 0 Å². The van der Waals surface area contributed by atoms with Crippen LogP contribution in [-0.2, 0) is 4.74 Å². The van der Waals surface area contributed by atoms with Crippen LogP contribution in [0.4, 0.5) is 10.2 Å². The number of nitrogen functional groups attached to an aromatic ring is 1. The average molecular weight is 261 g/mol. The van der Waals surface area contributed by atoms with Gasteiger partial charge in [0.2, 0.25) is 5.82 Å². The van der Waals surface area contributed by atoms with E-state index in [9.17, 15) is 19.1 Å². The molecule has 8 nitrogen and oxygen atoms in total. The number of aromatic nitrogens is 2. The topological polar surface area (TPSA) is 131 Å². The van der Waals surface area contributed by atoms with E-state index in [4.69, 9.17) is 15.6 Å². The number of aliphatic hydroxyl groups excluding tert-OH is 2. The molecule has 2 heterocycles. The van der Waals surface area contributed by atoms with Crippen LogP contribution in [0.1, 0.15) is 12.6 Å². The van der Waals surface area contributed by atoms with E-state index in [2.05, 4.69) is 0 Å². The fraction of sp³-hybridized carbons (Fsp3) is 0.556. The average Bonchev–Trinajstić information content (AvgIpc) is 2.67. The molecular formula is C9H12FN3O5. The van der Waals surface area contributed by atoms with Crippen LogP contribution in [0.3, 0.4) is 0 Å². The number of anilines is 1. The second kappa shape index (κ2) is 4.52. The van der Waals surface area contributed by atoms with E-state index >= 15 is 0 Å². The minimum atomic E-state index is -1.29. The molecule has 0 saturated carbocycles. The van der Waals surface area contributed by atoms with Gasteiger partial charge in [-0.3, -0.25) is 14.3 Å². The van der Waals surface area contributed by atoms with Gasteiger partial charge in [0.1, 0.15) is 12.3 Å². The van der Waals surface area contributed by atoms with Crippen LogP contribution in [0.5, 0.6) is 0 Å². The van der Waals surface area contributed by atoms with Crippen molar-refractivity contribution in [2.24, 2.45) is 0 Å². The predicted molar refractivity (Wildman–Crippen MR) is 57.3 cm³/mol. The Balaban J connectivity index is 2.45. The molecule has 5 N–H and O–H groups in total. The number of aliphatic hydroxyl groups is 2. The van der Waals surface area contributed by atoms with Crippen LogP contribution < -0.4 is 17.0 Å². The second-order valence-corrected chi connectivity index (χ2v) is 3.94. The summed E-state index contributed by atoms with van der Waals surface area (Å²) in [6.07, 6.45) is -2.95. The summed E-state index contributed by atoms with van der Waals surface area (Å²) in [5.41, 5.74) is 3.19. The first-order chi connectivity index (χ1) is 8.45. The van der Waals surface area contributed by atoms with Crippen molar-refractivity contribution < 1.29 is 19.3 Å². The third kappa shape index (κ3) is 1.92. The van der Waals surface area contributed by atoms with Crippen molar-refractivity contribution in [3.05, 3.63) is 26.7 Å². The molecule has 0 bridgehead atoms. The Morgan fingerprint density at radius 1 is 1.56 bits per heavy atom. The zero-order chi connectivity index (χ0) is 13.4. The lowest BCUT2D eigenvalue weighted by Gasteiger charge is -2.16. The fourth-order valence-corrected chi connectivity index (χ4v) is 1.87. The summed E-state index contributed by atoms with van der Waals surface area (Å²) < 4.78 is 19.2. The first-order valence-corrected chi connectivity index (χ1v) is 5.20.